The minimum absolute atomic E-state index is 0.0812. The van der Waals surface area contributed by atoms with Crippen molar-refractivity contribution in [1.29, 1.82) is 0 Å². The maximum absolute atomic E-state index is 12.9. The predicted molar refractivity (Wildman–Crippen MR) is 130 cm³/mol. The van der Waals surface area contributed by atoms with E-state index in [2.05, 4.69) is 22.8 Å². The van der Waals surface area contributed by atoms with Crippen molar-refractivity contribution in [3.63, 3.8) is 0 Å². The van der Waals surface area contributed by atoms with Crippen molar-refractivity contribution in [2.45, 2.75) is 18.4 Å². The average Bonchev–Trinajstić information content (AvgIpc) is 3.61. The van der Waals surface area contributed by atoms with Crippen molar-refractivity contribution in [2.24, 2.45) is 11.8 Å². The molecule has 35 heavy (non-hydrogen) atoms. The average molecular weight is 471 g/mol. The van der Waals surface area contributed by atoms with Gasteiger partial charge in [-0.2, -0.15) is 0 Å². The van der Waals surface area contributed by atoms with Crippen LogP contribution in [0, 0.1) is 11.8 Å². The molecule has 0 radical (unpaired) electrons. The van der Waals surface area contributed by atoms with E-state index in [1.165, 1.54) is 0 Å². The summed E-state index contributed by atoms with van der Waals surface area (Å²) in [6.07, 6.45) is -0.142. The van der Waals surface area contributed by atoms with E-state index >= 15 is 0 Å². The third-order valence-electron chi connectivity index (χ3n) is 6.78. The van der Waals surface area contributed by atoms with Crippen LogP contribution in [0.4, 0.5) is 4.79 Å². The highest BCUT2D eigenvalue weighted by atomic mass is 16.5. The Bertz CT molecular complexity index is 1210. The van der Waals surface area contributed by atoms with E-state index in [-0.39, 0.29) is 25.0 Å². The quantitative estimate of drug-likeness (QED) is 0.460. The van der Waals surface area contributed by atoms with E-state index in [0.717, 1.165) is 22.3 Å². The lowest BCUT2D eigenvalue weighted by atomic mass is 9.98. The van der Waals surface area contributed by atoms with E-state index in [0.29, 0.717) is 12.0 Å². The first-order valence-corrected chi connectivity index (χ1v) is 11.7. The van der Waals surface area contributed by atoms with Gasteiger partial charge in [-0.1, -0.05) is 78.9 Å². The van der Waals surface area contributed by atoms with Crippen molar-refractivity contribution >= 4 is 18.0 Å². The minimum Gasteiger partial charge on any atom is -0.481 e. The maximum atomic E-state index is 12.9. The molecule has 0 saturated heterocycles. The van der Waals surface area contributed by atoms with Crippen LogP contribution in [0.5, 0.6) is 0 Å². The molecule has 2 aliphatic rings. The van der Waals surface area contributed by atoms with Crippen LogP contribution in [0.1, 0.15) is 35.1 Å². The van der Waals surface area contributed by atoms with Crippen molar-refractivity contribution in [3.8, 4) is 11.1 Å². The summed E-state index contributed by atoms with van der Waals surface area (Å²) in [5.41, 5.74) is 5.11. The summed E-state index contributed by atoms with van der Waals surface area (Å²) >= 11 is 0. The van der Waals surface area contributed by atoms with E-state index in [1.54, 1.807) is 24.3 Å². The van der Waals surface area contributed by atoms with Gasteiger partial charge < -0.3 is 20.5 Å². The zero-order valence-corrected chi connectivity index (χ0v) is 19.0. The number of carboxylic acids is 1. The molecule has 7 heteroatoms. The lowest BCUT2D eigenvalue weighted by molar-refractivity contribution is -0.139. The fourth-order valence-electron chi connectivity index (χ4n) is 4.81. The molecular formula is C28H26N2O5. The number of aliphatic carboxylic acids is 1. The monoisotopic (exact) mass is 470 g/mol. The highest BCUT2D eigenvalue weighted by Crippen LogP contribution is 2.44. The Hall–Kier alpha value is -4.13. The maximum Gasteiger partial charge on any atom is 0.408 e. The van der Waals surface area contributed by atoms with E-state index in [9.17, 15) is 14.4 Å². The predicted octanol–water partition coefficient (Wildman–Crippen LogP) is 4.10. The Balaban J connectivity index is 1.25. The zero-order chi connectivity index (χ0) is 24.4. The highest BCUT2D eigenvalue weighted by Gasteiger charge is 2.43. The van der Waals surface area contributed by atoms with Gasteiger partial charge in [0.1, 0.15) is 12.6 Å². The van der Waals surface area contributed by atoms with Crippen LogP contribution >= 0.6 is 0 Å². The number of carboxylic acid groups (broad SMARTS) is 1. The van der Waals surface area contributed by atoms with Gasteiger partial charge in [0.05, 0.1) is 5.92 Å². The molecule has 0 aliphatic heterocycles. The summed E-state index contributed by atoms with van der Waals surface area (Å²) < 4.78 is 5.62. The Kier molecular flexibility index (Phi) is 6.23. The molecule has 1 fully saturated rings. The number of amides is 2. The van der Waals surface area contributed by atoms with Crippen molar-refractivity contribution in [3.05, 3.63) is 95.6 Å². The van der Waals surface area contributed by atoms with Gasteiger partial charge in [0.15, 0.2) is 0 Å². The third kappa shape index (κ3) is 4.75. The summed E-state index contributed by atoms with van der Waals surface area (Å²) in [6, 6.07) is 24.1. The van der Waals surface area contributed by atoms with Gasteiger partial charge in [-0.25, -0.2) is 4.79 Å². The van der Waals surface area contributed by atoms with Crippen molar-refractivity contribution in [2.75, 3.05) is 13.2 Å². The number of fused-ring (bicyclic) bond motifs is 3. The van der Waals surface area contributed by atoms with E-state index < -0.39 is 29.9 Å². The normalized spacial score (nSPS) is 18.6. The lowest BCUT2D eigenvalue weighted by Crippen LogP contribution is -2.41. The van der Waals surface area contributed by atoms with Crippen LogP contribution in [0.25, 0.3) is 11.1 Å². The van der Waals surface area contributed by atoms with Crippen molar-refractivity contribution in [1.82, 2.24) is 10.6 Å². The molecule has 0 bridgehead atoms. The molecule has 3 N–H and O–H groups in total. The second-order valence-electron chi connectivity index (χ2n) is 9.00. The Labute approximate surface area is 203 Å². The van der Waals surface area contributed by atoms with Crippen LogP contribution in [-0.2, 0) is 14.3 Å². The van der Waals surface area contributed by atoms with Crippen LogP contribution < -0.4 is 10.6 Å². The molecule has 3 aromatic carbocycles. The number of alkyl carbamates (subject to hydrolysis) is 1. The number of ether oxygens (including phenoxy) is 1. The summed E-state index contributed by atoms with van der Waals surface area (Å²) in [5.74, 6) is -1.83. The number of hydrogen-bond acceptors (Lipinski definition) is 4. The molecule has 2 aliphatic carbocycles. The van der Waals surface area contributed by atoms with Crippen molar-refractivity contribution < 1.29 is 24.2 Å². The molecule has 5 rings (SSSR count). The highest BCUT2D eigenvalue weighted by molar-refractivity contribution is 5.87. The number of nitrogens with one attached hydrogen (secondary N) is 2. The smallest absolute Gasteiger partial charge is 0.408 e. The standard InChI is InChI=1S/C28H26N2O5/c31-26(29-15-18-14-23(18)27(32)33)25(17-8-2-1-3-9-17)30-28(34)35-16-24-21-12-6-4-10-19(21)20-11-5-7-13-22(20)24/h1-13,18,23-25H,14-16H2,(H,29,31)(H,30,34)(H,32,33)/t18?,23?,25-/m1/s1. The summed E-state index contributed by atoms with van der Waals surface area (Å²) in [4.78, 5) is 36.8. The van der Waals surface area contributed by atoms with Gasteiger partial charge in [-0.05, 0) is 40.2 Å². The number of carbonyl (C=O) groups is 3. The number of rotatable bonds is 8. The molecule has 0 aromatic heterocycles. The fourth-order valence-corrected chi connectivity index (χ4v) is 4.81. The molecule has 7 nitrogen and oxygen atoms in total. The van der Waals surface area contributed by atoms with Crippen LogP contribution in [0.2, 0.25) is 0 Å². The SMILES string of the molecule is O=C(N[C@@H](C(=O)NCC1CC1C(=O)O)c1ccccc1)OCC1c2ccccc2-c2ccccc21. The first-order chi connectivity index (χ1) is 17.0. The topological polar surface area (TPSA) is 105 Å². The van der Waals surface area contributed by atoms with E-state index in [4.69, 9.17) is 9.84 Å². The number of benzene rings is 3. The van der Waals surface area contributed by atoms with Gasteiger partial charge in [0.2, 0.25) is 5.91 Å². The summed E-state index contributed by atoms with van der Waals surface area (Å²) in [6.45, 7) is 0.400. The van der Waals surface area contributed by atoms with Crippen LogP contribution in [-0.4, -0.2) is 36.2 Å². The molecule has 3 aromatic rings. The summed E-state index contributed by atoms with van der Waals surface area (Å²) in [5, 5.41) is 14.6. The minimum atomic E-state index is -0.950. The van der Waals surface area contributed by atoms with Gasteiger partial charge in [0.25, 0.3) is 0 Å². The molecule has 3 atom stereocenters. The summed E-state index contributed by atoms with van der Waals surface area (Å²) in [7, 11) is 0. The molecular weight excluding hydrogens is 444 g/mol. The lowest BCUT2D eigenvalue weighted by Gasteiger charge is -2.20. The first kappa shape index (κ1) is 22.7. The van der Waals surface area contributed by atoms with E-state index in [1.807, 2.05) is 42.5 Å². The largest absolute Gasteiger partial charge is 0.481 e. The second kappa shape index (κ2) is 9.62. The third-order valence-corrected chi connectivity index (χ3v) is 6.78. The Morgan fingerprint density at radius 1 is 0.886 bits per heavy atom. The Morgan fingerprint density at radius 2 is 1.49 bits per heavy atom. The first-order valence-electron chi connectivity index (χ1n) is 11.7. The zero-order valence-electron chi connectivity index (χ0n) is 19.0. The fraction of sp³-hybridized carbons (Fsp3) is 0.250. The van der Waals surface area contributed by atoms with Gasteiger partial charge in [0, 0.05) is 12.5 Å². The number of carbonyl (C=O) groups excluding carboxylic acids is 2. The second-order valence-corrected chi connectivity index (χ2v) is 9.00. The Morgan fingerprint density at radius 3 is 2.09 bits per heavy atom. The molecule has 0 heterocycles. The molecule has 0 spiro atoms. The number of hydrogen-bond donors (Lipinski definition) is 3. The molecule has 2 amide bonds. The molecule has 1 saturated carbocycles. The van der Waals surface area contributed by atoms with Gasteiger partial charge in [-0.15, -0.1) is 0 Å². The van der Waals surface area contributed by atoms with Gasteiger partial charge in [-0.3, -0.25) is 9.59 Å². The molecule has 2 unspecified atom stereocenters. The van der Waals surface area contributed by atoms with Crippen LogP contribution in [0.3, 0.4) is 0 Å². The van der Waals surface area contributed by atoms with Crippen LogP contribution in [0.15, 0.2) is 78.9 Å². The molecule has 178 valence electrons. The van der Waals surface area contributed by atoms with Gasteiger partial charge >= 0.3 is 12.1 Å².